The highest BCUT2D eigenvalue weighted by Gasteiger charge is 2.13. The number of hydrogen-bond donors (Lipinski definition) is 0. The summed E-state index contributed by atoms with van der Waals surface area (Å²) in [5, 5.41) is 1.98. The first-order valence-corrected chi connectivity index (χ1v) is 7.34. The maximum Gasteiger partial charge on any atom is 0.160 e. The minimum absolute atomic E-state index is 0.193. The molecule has 1 aliphatic rings. The van der Waals surface area contributed by atoms with Crippen LogP contribution in [0.3, 0.4) is 0 Å². The van der Waals surface area contributed by atoms with Crippen LogP contribution in [0.4, 0.5) is 0 Å². The Bertz CT molecular complexity index is 246. The molecule has 1 aliphatic heterocycles. The van der Waals surface area contributed by atoms with E-state index in [1.54, 1.807) is 6.92 Å². The lowest BCUT2D eigenvalue weighted by Crippen LogP contribution is -1.94. The predicted octanol–water partition coefficient (Wildman–Crippen LogP) is 2.20. The zero-order valence-corrected chi connectivity index (χ0v) is 8.13. The van der Waals surface area contributed by atoms with E-state index in [9.17, 15) is 4.79 Å². The van der Waals surface area contributed by atoms with Crippen molar-refractivity contribution in [2.45, 2.75) is 6.92 Å². The van der Waals surface area contributed by atoms with E-state index in [2.05, 4.69) is 19.1 Å². The maximum absolute atomic E-state index is 10.8. The van der Waals surface area contributed by atoms with E-state index < -0.39 is 6.09 Å². The number of carbonyl (C=O) groups excluding carboxylic acids is 1. The van der Waals surface area contributed by atoms with Crippen molar-refractivity contribution in [3.05, 3.63) is 11.0 Å². The van der Waals surface area contributed by atoms with Gasteiger partial charge in [-0.2, -0.15) is 0 Å². The highest BCUT2D eigenvalue weighted by atomic mass is 32.7. The highest BCUT2D eigenvalue weighted by molar-refractivity contribution is 8.62. The summed E-state index contributed by atoms with van der Waals surface area (Å²) in [6.07, 6.45) is -0.925. The largest absolute Gasteiger partial charge is 0.294 e. The lowest BCUT2D eigenvalue weighted by molar-refractivity contribution is -0.113. The van der Waals surface area contributed by atoms with Gasteiger partial charge in [-0.25, -0.2) is 0 Å². The molecule has 0 fully saturated rings. The molecule has 0 aromatic heterocycles. The van der Waals surface area contributed by atoms with Gasteiger partial charge in [0, 0.05) is 5.57 Å². The van der Waals surface area contributed by atoms with E-state index in [0.29, 0.717) is 0 Å². The molecule has 0 spiro atoms. The van der Waals surface area contributed by atoms with Crippen LogP contribution in [0.2, 0.25) is 0 Å². The van der Waals surface area contributed by atoms with Gasteiger partial charge in [-0.05, 0) is 31.5 Å². The Morgan fingerprint density at radius 3 is 2.40 bits per heavy atom. The average molecular weight is 174 g/mol. The third-order valence-corrected chi connectivity index (χ3v) is 5.37. The van der Waals surface area contributed by atoms with E-state index in [1.165, 1.54) is 0 Å². The third kappa shape index (κ3) is 1.77. The monoisotopic (exact) mass is 174 g/mol. The summed E-state index contributed by atoms with van der Waals surface area (Å²) in [6.45, 7) is 6.04. The topological polar surface area (TPSA) is 17.1 Å². The first kappa shape index (κ1) is 8.16. The Labute approximate surface area is 65.6 Å². The summed E-state index contributed by atoms with van der Waals surface area (Å²) >= 11 is 1.81. The Morgan fingerprint density at radius 2 is 2.20 bits per heavy atom. The van der Waals surface area contributed by atoms with E-state index in [1.807, 2.05) is 16.8 Å². The number of hydrogen-bond acceptors (Lipinski definition) is 2. The van der Waals surface area contributed by atoms with Gasteiger partial charge in [0.15, 0.2) is 5.78 Å². The molecular formula is C7H11OPS. The van der Waals surface area contributed by atoms with Crippen LogP contribution in [-0.4, -0.2) is 24.9 Å². The molecule has 10 heavy (non-hydrogen) atoms. The van der Waals surface area contributed by atoms with Crippen molar-refractivity contribution >= 4 is 29.0 Å². The number of allylic oxidation sites excluding steroid dienone is 1. The van der Waals surface area contributed by atoms with Crippen LogP contribution in [0.1, 0.15) is 6.92 Å². The van der Waals surface area contributed by atoms with Crippen molar-refractivity contribution in [1.29, 1.82) is 0 Å². The molecule has 0 aliphatic carbocycles. The van der Waals surface area contributed by atoms with Gasteiger partial charge in [0.25, 0.3) is 0 Å². The van der Waals surface area contributed by atoms with Crippen LogP contribution in [0, 0.1) is 0 Å². The predicted molar refractivity (Wildman–Crippen MR) is 51.2 cm³/mol. The van der Waals surface area contributed by atoms with Crippen molar-refractivity contribution in [2.24, 2.45) is 0 Å². The molecule has 56 valence electrons. The first-order chi connectivity index (χ1) is 4.51. The molecule has 0 aromatic rings. The summed E-state index contributed by atoms with van der Waals surface area (Å²) in [5.74, 6) is 2.32. The van der Waals surface area contributed by atoms with Crippen LogP contribution in [0.15, 0.2) is 11.0 Å². The maximum atomic E-state index is 10.8. The molecule has 3 heteroatoms. The van der Waals surface area contributed by atoms with Crippen LogP contribution in [-0.2, 0) is 4.79 Å². The van der Waals surface area contributed by atoms with E-state index in [-0.39, 0.29) is 5.78 Å². The fourth-order valence-electron chi connectivity index (χ4n) is 0.762. The van der Waals surface area contributed by atoms with E-state index in [0.717, 1.165) is 5.57 Å². The Hall–Kier alpha value is 0.0600. The van der Waals surface area contributed by atoms with Crippen molar-refractivity contribution in [3.8, 4) is 0 Å². The molecule has 0 atom stereocenters. The smallest absolute Gasteiger partial charge is 0.160 e. The molecule has 0 saturated carbocycles. The Balaban J connectivity index is 2.88. The van der Waals surface area contributed by atoms with Crippen molar-refractivity contribution in [1.82, 2.24) is 0 Å². The van der Waals surface area contributed by atoms with Gasteiger partial charge in [-0.1, -0.05) is 6.09 Å². The summed E-state index contributed by atoms with van der Waals surface area (Å²) in [5.41, 5.74) is 0.906. The molecule has 0 amide bonds. The summed E-state index contributed by atoms with van der Waals surface area (Å²) in [6, 6.07) is 0. The lowest BCUT2D eigenvalue weighted by Gasteiger charge is -2.03. The molecule has 1 nitrogen and oxygen atoms in total. The van der Waals surface area contributed by atoms with Crippen LogP contribution in [0.25, 0.3) is 0 Å². The summed E-state index contributed by atoms with van der Waals surface area (Å²) < 4.78 is 0. The van der Waals surface area contributed by atoms with Gasteiger partial charge < -0.3 is 0 Å². The molecule has 1 heterocycles. The van der Waals surface area contributed by atoms with Gasteiger partial charge in [0.2, 0.25) is 0 Å². The standard InChI is InChI=1S/C7H11OPS/c1-6(8)7-4-9(2,3)10-5-7/h4-5H,1-3H3. The summed E-state index contributed by atoms with van der Waals surface area (Å²) in [4.78, 5) is 10.8. The second-order valence-electron chi connectivity index (χ2n) is 2.80. The Morgan fingerprint density at radius 1 is 1.60 bits per heavy atom. The molecule has 1 rings (SSSR count). The zero-order valence-electron chi connectivity index (χ0n) is 6.42. The number of rotatable bonds is 1. The second-order valence-corrected chi connectivity index (χ2v) is 9.83. The molecule has 0 bridgehead atoms. The minimum Gasteiger partial charge on any atom is -0.294 e. The molecular weight excluding hydrogens is 163 g/mol. The molecule has 0 aromatic carbocycles. The normalized spacial score (nSPS) is 21.7. The SMILES string of the molecule is CC(=O)C1=CSP(C)(C)=C1. The number of carbonyl (C=O) groups is 1. The zero-order chi connectivity index (χ0) is 7.78. The van der Waals surface area contributed by atoms with Crippen LogP contribution >= 0.6 is 17.5 Å². The lowest BCUT2D eigenvalue weighted by atomic mass is 10.2. The molecule has 0 saturated heterocycles. The summed E-state index contributed by atoms with van der Waals surface area (Å²) in [7, 11) is 0. The van der Waals surface area contributed by atoms with Crippen molar-refractivity contribution in [2.75, 3.05) is 13.3 Å². The molecule has 0 unspecified atom stereocenters. The second kappa shape index (κ2) is 2.60. The first-order valence-electron chi connectivity index (χ1n) is 3.10. The molecule has 0 radical (unpaired) electrons. The molecule has 0 N–H and O–H groups in total. The minimum atomic E-state index is -0.925. The van der Waals surface area contributed by atoms with Crippen LogP contribution in [0.5, 0.6) is 0 Å². The number of Topliss-reactive ketones (excluding diaryl/α,β-unsaturated/α-hetero) is 1. The van der Waals surface area contributed by atoms with Crippen molar-refractivity contribution in [3.63, 3.8) is 0 Å². The van der Waals surface area contributed by atoms with Crippen LogP contribution < -0.4 is 0 Å². The van der Waals surface area contributed by atoms with Gasteiger partial charge in [-0.15, -0.1) is 11.4 Å². The van der Waals surface area contributed by atoms with Gasteiger partial charge >= 0.3 is 0 Å². The number of ketones is 1. The van der Waals surface area contributed by atoms with E-state index in [4.69, 9.17) is 0 Å². The van der Waals surface area contributed by atoms with Gasteiger partial charge in [0.05, 0.1) is 0 Å². The highest BCUT2D eigenvalue weighted by Crippen LogP contribution is 2.57. The fourth-order valence-corrected chi connectivity index (χ4v) is 4.15. The van der Waals surface area contributed by atoms with E-state index >= 15 is 0 Å². The average Bonchev–Trinajstić information content (AvgIpc) is 2.10. The third-order valence-electron chi connectivity index (χ3n) is 1.31. The van der Waals surface area contributed by atoms with Crippen molar-refractivity contribution < 1.29 is 4.79 Å². The van der Waals surface area contributed by atoms with Gasteiger partial charge in [0.1, 0.15) is 0 Å². The van der Waals surface area contributed by atoms with Gasteiger partial charge in [-0.3, -0.25) is 4.79 Å². The Kier molecular flexibility index (Phi) is 2.12. The fraction of sp³-hybridized carbons (Fsp3) is 0.429. The quantitative estimate of drug-likeness (QED) is 0.567.